The van der Waals surface area contributed by atoms with E-state index in [2.05, 4.69) is 15.3 Å². The molecular formula is C18H17F2N5O. The summed E-state index contributed by atoms with van der Waals surface area (Å²) >= 11 is 0. The van der Waals surface area contributed by atoms with Gasteiger partial charge in [-0.3, -0.25) is 4.57 Å². The van der Waals surface area contributed by atoms with E-state index >= 15 is 0 Å². The second kappa shape index (κ2) is 7.73. The number of carbonyl (C=O) groups excluding carboxylic acids is 1. The van der Waals surface area contributed by atoms with Crippen molar-refractivity contribution in [3.8, 4) is 5.82 Å². The molecule has 2 aromatic heterocycles. The monoisotopic (exact) mass is 357 g/mol. The Kier molecular flexibility index (Phi) is 5.21. The molecule has 0 aliphatic heterocycles. The van der Waals surface area contributed by atoms with Crippen LogP contribution in [0.15, 0.2) is 55.2 Å². The Hall–Kier alpha value is -3.29. The van der Waals surface area contributed by atoms with Crippen molar-refractivity contribution in [2.45, 2.75) is 13.1 Å². The van der Waals surface area contributed by atoms with E-state index in [0.717, 1.165) is 23.5 Å². The first-order valence-corrected chi connectivity index (χ1v) is 7.89. The minimum atomic E-state index is -0.677. The molecule has 0 saturated carbocycles. The van der Waals surface area contributed by atoms with Crippen molar-refractivity contribution in [3.05, 3.63) is 78.0 Å². The Labute approximate surface area is 149 Å². The lowest BCUT2D eigenvalue weighted by atomic mass is 10.2. The van der Waals surface area contributed by atoms with Crippen LogP contribution in [0.2, 0.25) is 0 Å². The van der Waals surface area contributed by atoms with Crippen LogP contribution in [0, 0.1) is 11.6 Å². The number of hydrogen-bond donors (Lipinski definition) is 1. The maximum atomic E-state index is 13.7. The predicted molar refractivity (Wildman–Crippen MR) is 91.4 cm³/mol. The number of nitrogens with zero attached hydrogens (tertiary/aromatic N) is 4. The van der Waals surface area contributed by atoms with Crippen molar-refractivity contribution in [2.24, 2.45) is 0 Å². The van der Waals surface area contributed by atoms with Crippen molar-refractivity contribution in [2.75, 3.05) is 7.05 Å². The van der Waals surface area contributed by atoms with Gasteiger partial charge in [0.25, 0.3) is 0 Å². The molecule has 0 aliphatic carbocycles. The number of hydrogen-bond acceptors (Lipinski definition) is 3. The molecule has 0 aliphatic rings. The van der Waals surface area contributed by atoms with Gasteiger partial charge >= 0.3 is 6.03 Å². The number of aromatic nitrogens is 3. The highest BCUT2D eigenvalue weighted by Gasteiger charge is 2.12. The summed E-state index contributed by atoms with van der Waals surface area (Å²) in [6, 6.07) is 6.59. The van der Waals surface area contributed by atoms with Gasteiger partial charge in [-0.05, 0) is 17.7 Å². The molecule has 1 N–H and O–H groups in total. The zero-order valence-electron chi connectivity index (χ0n) is 14.1. The summed E-state index contributed by atoms with van der Waals surface area (Å²) in [4.78, 5) is 21.7. The third kappa shape index (κ3) is 4.21. The predicted octanol–water partition coefficient (Wildman–Crippen LogP) is 2.89. The van der Waals surface area contributed by atoms with Crippen LogP contribution in [0.4, 0.5) is 13.6 Å². The number of nitrogens with one attached hydrogen (secondary N) is 1. The Bertz CT molecular complexity index is 881. The van der Waals surface area contributed by atoms with Crippen molar-refractivity contribution >= 4 is 6.03 Å². The molecule has 134 valence electrons. The van der Waals surface area contributed by atoms with Crippen molar-refractivity contribution in [3.63, 3.8) is 0 Å². The third-order valence-corrected chi connectivity index (χ3v) is 3.79. The largest absolute Gasteiger partial charge is 0.334 e. The molecule has 26 heavy (non-hydrogen) atoms. The van der Waals surface area contributed by atoms with Crippen LogP contribution in [0.5, 0.6) is 0 Å². The van der Waals surface area contributed by atoms with Crippen molar-refractivity contribution in [1.82, 2.24) is 24.8 Å². The fourth-order valence-electron chi connectivity index (χ4n) is 2.36. The third-order valence-electron chi connectivity index (χ3n) is 3.79. The normalized spacial score (nSPS) is 10.6. The first kappa shape index (κ1) is 17.5. The average Bonchev–Trinajstić information content (AvgIpc) is 3.17. The molecule has 0 spiro atoms. The van der Waals surface area contributed by atoms with E-state index in [1.54, 1.807) is 36.5 Å². The van der Waals surface area contributed by atoms with E-state index < -0.39 is 11.6 Å². The lowest BCUT2D eigenvalue weighted by Crippen LogP contribution is -2.36. The van der Waals surface area contributed by atoms with E-state index in [0.29, 0.717) is 0 Å². The zero-order chi connectivity index (χ0) is 18.5. The van der Waals surface area contributed by atoms with Gasteiger partial charge in [0.1, 0.15) is 23.8 Å². The van der Waals surface area contributed by atoms with Crippen LogP contribution in [0.1, 0.15) is 11.1 Å². The average molecular weight is 357 g/mol. The summed E-state index contributed by atoms with van der Waals surface area (Å²) in [7, 11) is 1.54. The molecule has 2 heterocycles. The number of amides is 2. The van der Waals surface area contributed by atoms with Gasteiger partial charge < -0.3 is 10.2 Å². The summed E-state index contributed by atoms with van der Waals surface area (Å²) < 4.78 is 28.4. The van der Waals surface area contributed by atoms with Gasteiger partial charge in [-0.25, -0.2) is 23.5 Å². The van der Waals surface area contributed by atoms with Crippen molar-refractivity contribution < 1.29 is 13.6 Å². The lowest BCUT2D eigenvalue weighted by molar-refractivity contribution is 0.206. The summed E-state index contributed by atoms with van der Waals surface area (Å²) in [5.41, 5.74) is 1.07. The minimum absolute atomic E-state index is 0.0375. The molecule has 0 fully saturated rings. The molecule has 3 rings (SSSR count). The second-order valence-corrected chi connectivity index (χ2v) is 5.75. The number of urea groups is 1. The van der Waals surface area contributed by atoms with E-state index in [4.69, 9.17) is 0 Å². The molecule has 8 heteroatoms. The molecule has 2 amide bonds. The first-order chi connectivity index (χ1) is 12.5. The summed E-state index contributed by atoms with van der Waals surface area (Å²) in [6.07, 6.45) is 6.76. The minimum Gasteiger partial charge on any atom is -0.334 e. The Balaban J connectivity index is 1.54. The van der Waals surface area contributed by atoms with Crippen LogP contribution in [0.3, 0.4) is 0 Å². The Morgan fingerprint density at radius 2 is 2.12 bits per heavy atom. The van der Waals surface area contributed by atoms with Crippen LogP contribution >= 0.6 is 0 Å². The molecule has 1 aromatic carbocycles. The van der Waals surface area contributed by atoms with E-state index in [9.17, 15) is 13.6 Å². The Morgan fingerprint density at radius 1 is 1.27 bits per heavy atom. The number of pyridine rings is 1. The molecule has 0 saturated heterocycles. The van der Waals surface area contributed by atoms with Crippen LogP contribution < -0.4 is 5.32 Å². The maximum Gasteiger partial charge on any atom is 0.317 e. The van der Waals surface area contributed by atoms with Gasteiger partial charge in [-0.1, -0.05) is 12.1 Å². The topological polar surface area (TPSA) is 63.1 Å². The molecule has 0 bridgehead atoms. The highest BCUT2D eigenvalue weighted by atomic mass is 19.1. The maximum absolute atomic E-state index is 13.7. The number of carbonyl (C=O) groups is 1. The lowest BCUT2D eigenvalue weighted by Gasteiger charge is -2.18. The van der Waals surface area contributed by atoms with Gasteiger partial charge in [0.2, 0.25) is 0 Å². The van der Waals surface area contributed by atoms with Gasteiger partial charge in [0.15, 0.2) is 0 Å². The summed E-state index contributed by atoms with van der Waals surface area (Å²) in [5, 5.41) is 2.74. The molecular weight excluding hydrogens is 340 g/mol. The standard InChI is InChI=1S/C18H17F2N5O/c1-24(11-14-3-4-15(19)8-16(14)20)18(26)23-10-13-2-5-17(22-9-13)25-7-6-21-12-25/h2-9,12H,10-11H2,1H3,(H,23,26). The fraction of sp³-hybridized carbons (Fsp3) is 0.167. The van der Waals surface area contributed by atoms with Gasteiger partial charge in [0.05, 0.1) is 0 Å². The highest BCUT2D eigenvalue weighted by molar-refractivity contribution is 5.73. The van der Waals surface area contributed by atoms with E-state index in [-0.39, 0.29) is 24.7 Å². The molecule has 3 aromatic rings. The summed E-state index contributed by atoms with van der Waals surface area (Å²) in [6.45, 7) is 0.321. The quantitative estimate of drug-likeness (QED) is 0.764. The van der Waals surface area contributed by atoms with Crippen molar-refractivity contribution in [1.29, 1.82) is 0 Å². The number of benzene rings is 1. The number of halogens is 2. The first-order valence-electron chi connectivity index (χ1n) is 7.89. The van der Waals surface area contributed by atoms with Crippen LogP contribution in [-0.4, -0.2) is 32.5 Å². The van der Waals surface area contributed by atoms with Gasteiger partial charge in [-0.2, -0.15) is 0 Å². The smallest absolute Gasteiger partial charge is 0.317 e. The second-order valence-electron chi connectivity index (χ2n) is 5.75. The highest BCUT2D eigenvalue weighted by Crippen LogP contribution is 2.12. The molecule has 6 nitrogen and oxygen atoms in total. The number of imidazole rings is 1. The van der Waals surface area contributed by atoms with Crippen LogP contribution in [-0.2, 0) is 13.1 Å². The van der Waals surface area contributed by atoms with Crippen LogP contribution in [0.25, 0.3) is 5.82 Å². The molecule has 0 unspecified atom stereocenters. The fourth-order valence-corrected chi connectivity index (χ4v) is 2.36. The van der Waals surface area contributed by atoms with Gasteiger partial charge in [0, 0.05) is 50.4 Å². The summed E-state index contributed by atoms with van der Waals surface area (Å²) in [5.74, 6) is -0.601. The van der Waals surface area contributed by atoms with E-state index in [1.807, 2.05) is 12.1 Å². The SMILES string of the molecule is CN(Cc1ccc(F)cc1F)C(=O)NCc1ccc(-n2ccnc2)nc1. The molecule has 0 atom stereocenters. The Morgan fingerprint density at radius 3 is 2.77 bits per heavy atom. The number of rotatable bonds is 5. The van der Waals surface area contributed by atoms with Gasteiger partial charge in [-0.15, -0.1) is 0 Å². The zero-order valence-corrected chi connectivity index (χ0v) is 14.1. The van der Waals surface area contributed by atoms with E-state index in [1.165, 1.54) is 11.0 Å². The molecule has 0 radical (unpaired) electrons.